The van der Waals surface area contributed by atoms with E-state index in [4.69, 9.17) is 10.2 Å². The van der Waals surface area contributed by atoms with Gasteiger partial charge in [-0.05, 0) is 24.3 Å². The number of aryl methyl sites for hydroxylation is 1. The Balaban J connectivity index is 2.18. The lowest BCUT2D eigenvalue weighted by atomic mass is 10.2. The Hall–Kier alpha value is -1.81. The summed E-state index contributed by atoms with van der Waals surface area (Å²) in [5.74, 6) is 0.983. The van der Waals surface area contributed by atoms with Crippen LogP contribution in [0.3, 0.4) is 0 Å². The highest BCUT2D eigenvalue weighted by molar-refractivity contribution is 7.21. The van der Waals surface area contributed by atoms with Crippen molar-refractivity contribution in [3.63, 3.8) is 0 Å². The molecule has 0 aliphatic carbocycles. The zero-order valence-electron chi connectivity index (χ0n) is 9.43. The number of nitrogens with zero attached hydrogens (tertiary/aromatic N) is 1. The Morgan fingerprint density at radius 2 is 2.24 bits per heavy atom. The fraction of sp³-hybridized carbons (Fsp3) is 0.154. The van der Waals surface area contributed by atoms with E-state index in [1.807, 2.05) is 24.3 Å². The molecule has 0 spiro atoms. The van der Waals surface area contributed by atoms with Gasteiger partial charge in [0.25, 0.3) is 0 Å². The molecule has 0 unspecified atom stereocenters. The van der Waals surface area contributed by atoms with Crippen LogP contribution >= 0.6 is 11.3 Å². The van der Waals surface area contributed by atoms with Crippen molar-refractivity contribution in [3.8, 4) is 10.6 Å². The van der Waals surface area contributed by atoms with Crippen LogP contribution < -0.4 is 5.73 Å². The highest BCUT2D eigenvalue weighted by Crippen LogP contribution is 2.33. The summed E-state index contributed by atoms with van der Waals surface area (Å²) in [7, 11) is 0. The number of nitrogens with two attached hydrogens (primary N) is 1. The molecule has 0 aliphatic rings. The average Bonchev–Trinajstić information content (AvgIpc) is 2.93. The third-order valence-electron chi connectivity index (χ3n) is 2.71. The van der Waals surface area contributed by atoms with Gasteiger partial charge in [0.1, 0.15) is 10.8 Å². The first-order valence-electron chi connectivity index (χ1n) is 5.50. The third-order valence-corrected chi connectivity index (χ3v) is 3.76. The van der Waals surface area contributed by atoms with Gasteiger partial charge in [0, 0.05) is 12.1 Å². The SMILES string of the molecule is CCc1occc1-c1nc2ccc(N)cc2s1. The minimum absolute atomic E-state index is 0.774. The first kappa shape index (κ1) is 10.4. The van der Waals surface area contributed by atoms with Gasteiger partial charge in [-0.15, -0.1) is 11.3 Å². The molecule has 3 rings (SSSR count). The second-order valence-corrected chi connectivity index (χ2v) is 4.89. The summed E-state index contributed by atoms with van der Waals surface area (Å²) in [5, 5.41) is 0.996. The van der Waals surface area contributed by atoms with Crippen molar-refractivity contribution >= 4 is 27.2 Å². The Labute approximate surface area is 103 Å². The van der Waals surface area contributed by atoms with Gasteiger partial charge in [-0.2, -0.15) is 0 Å². The molecule has 0 bridgehead atoms. The molecule has 86 valence electrons. The Bertz CT molecular complexity index is 669. The van der Waals surface area contributed by atoms with E-state index in [1.54, 1.807) is 17.6 Å². The zero-order chi connectivity index (χ0) is 11.8. The van der Waals surface area contributed by atoms with Crippen LogP contribution in [0, 0.1) is 0 Å². The maximum Gasteiger partial charge on any atom is 0.128 e. The standard InChI is InChI=1S/C13H12N2OS/c1-2-11-9(5-6-16-11)13-15-10-4-3-8(14)7-12(10)17-13/h3-7H,2,14H2,1H3. The van der Waals surface area contributed by atoms with Crippen LogP contribution in [-0.4, -0.2) is 4.98 Å². The van der Waals surface area contributed by atoms with E-state index < -0.39 is 0 Å². The van der Waals surface area contributed by atoms with E-state index in [-0.39, 0.29) is 0 Å². The third kappa shape index (κ3) is 1.70. The largest absolute Gasteiger partial charge is 0.469 e. The van der Waals surface area contributed by atoms with E-state index in [0.29, 0.717) is 0 Å². The van der Waals surface area contributed by atoms with Gasteiger partial charge in [0.2, 0.25) is 0 Å². The Kier molecular flexibility index (Phi) is 2.37. The second kappa shape index (κ2) is 3.89. The molecule has 0 aliphatic heterocycles. The van der Waals surface area contributed by atoms with Gasteiger partial charge in [0.15, 0.2) is 0 Å². The zero-order valence-corrected chi connectivity index (χ0v) is 10.3. The van der Waals surface area contributed by atoms with E-state index in [1.165, 1.54) is 0 Å². The quantitative estimate of drug-likeness (QED) is 0.699. The molecule has 0 radical (unpaired) electrons. The van der Waals surface area contributed by atoms with Crippen LogP contribution in [0.5, 0.6) is 0 Å². The predicted octanol–water partition coefficient (Wildman–Crippen LogP) is 3.70. The molecule has 2 heterocycles. The molecule has 3 aromatic rings. The summed E-state index contributed by atoms with van der Waals surface area (Å²) in [6.07, 6.45) is 2.59. The highest BCUT2D eigenvalue weighted by atomic mass is 32.1. The van der Waals surface area contributed by atoms with Crippen molar-refractivity contribution in [2.75, 3.05) is 5.73 Å². The van der Waals surface area contributed by atoms with Crippen LogP contribution in [0.25, 0.3) is 20.8 Å². The summed E-state index contributed by atoms with van der Waals surface area (Å²) >= 11 is 1.65. The van der Waals surface area contributed by atoms with Gasteiger partial charge in [-0.1, -0.05) is 6.92 Å². The fourth-order valence-electron chi connectivity index (χ4n) is 1.86. The van der Waals surface area contributed by atoms with Crippen molar-refractivity contribution in [2.24, 2.45) is 0 Å². The normalized spacial score (nSPS) is 11.1. The van der Waals surface area contributed by atoms with Crippen LogP contribution in [0.15, 0.2) is 34.9 Å². The van der Waals surface area contributed by atoms with Crippen LogP contribution in [0.2, 0.25) is 0 Å². The van der Waals surface area contributed by atoms with Gasteiger partial charge in [0.05, 0.1) is 22.0 Å². The van der Waals surface area contributed by atoms with Gasteiger partial charge in [-0.3, -0.25) is 0 Å². The maximum atomic E-state index is 5.77. The average molecular weight is 244 g/mol. The number of hydrogen-bond donors (Lipinski definition) is 1. The van der Waals surface area contributed by atoms with Crippen molar-refractivity contribution < 1.29 is 4.42 Å². The summed E-state index contributed by atoms with van der Waals surface area (Å²) in [6.45, 7) is 2.08. The van der Waals surface area contributed by atoms with Crippen LogP contribution in [0.4, 0.5) is 5.69 Å². The first-order valence-corrected chi connectivity index (χ1v) is 6.32. The number of fused-ring (bicyclic) bond motifs is 1. The minimum Gasteiger partial charge on any atom is -0.469 e. The molecule has 3 nitrogen and oxygen atoms in total. The number of rotatable bonds is 2. The topological polar surface area (TPSA) is 52.0 Å². The second-order valence-electron chi connectivity index (χ2n) is 3.86. The summed E-state index contributed by atoms with van der Waals surface area (Å²) in [6, 6.07) is 7.76. The number of aromatic nitrogens is 1. The van der Waals surface area contributed by atoms with Crippen molar-refractivity contribution in [1.29, 1.82) is 0 Å². The number of hydrogen-bond acceptors (Lipinski definition) is 4. The summed E-state index contributed by atoms with van der Waals surface area (Å²) < 4.78 is 6.54. The number of furan rings is 1. The molecule has 0 atom stereocenters. The molecule has 2 aromatic heterocycles. The van der Waals surface area contributed by atoms with Gasteiger partial charge < -0.3 is 10.2 Å². The van der Waals surface area contributed by atoms with Gasteiger partial charge in [-0.25, -0.2) is 4.98 Å². The monoisotopic (exact) mass is 244 g/mol. The summed E-state index contributed by atoms with van der Waals surface area (Å²) in [4.78, 5) is 4.61. The van der Waals surface area contributed by atoms with E-state index in [2.05, 4.69) is 11.9 Å². The Morgan fingerprint density at radius 3 is 3.06 bits per heavy atom. The summed E-state index contributed by atoms with van der Waals surface area (Å²) in [5.41, 5.74) is 8.62. The molecule has 0 saturated carbocycles. The molecule has 0 saturated heterocycles. The van der Waals surface area contributed by atoms with Crippen LogP contribution in [-0.2, 0) is 6.42 Å². The predicted molar refractivity (Wildman–Crippen MR) is 71.1 cm³/mol. The number of thiazole rings is 1. The van der Waals surface area contributed by atoms with E-state index in [9.17, 15) is 0 Å². The molecule has 2 N–H and O–H groups in total. The van der Waals surface area contributed by atoms with Crippen LogP contribution in [0.1, 0.15) is 12.7 Å². The lowest BCUT2D eigenvalue weighted by molar-refractivity contribution is 0.517. The smallest absolute Gasteiger partial charge is 0.128 e. The lowest BCUT2D eigenvalue weighted by Crippen LogP contribution is -1.81. The van der Waals surface area contributed by atoms with E-state index in [0.717, 1.165) is 38.7 Å². The molecule has 4 heteroatoms. The number of anilines is 1. The molecule has 0 amide bonds. The first-order chi connectivity index (χ1) is 8.28. The van der Waals surface area contributed by atoms with Gasteiger partial charge >= 0.3 is 0 Å². The van der Waals surface area contributed by atoms with Crippen molar-refractivity contribution in [3.05, 3.63) is 36.3 Å². The lowest BCUT2D eigenvalue weighted by Gasteiger charge is -1.93. The van der Waals surface area contributed by atoms with Crippen molar-refractivity contribution in [2.45, 2.75) is 13.3 Å². The number of nitrogen functional groups attached to an aromatic ring is 1. The molecular formula is C13H12N2OS. The number of benzene rings is 1. The fourth-order valence-corrected chi connectivity index (χ4v) is 2.92. The van der Waals surface area contributed by atoms with Crippen molar-refractivity contribution in [1.82, 2.24) is 4.98 Å². The highest BCUT2D eigenvalue weighted by Gasteiger charge is 2.12. The Morgan fingerprint density at radius 1 is 1.35 bits per heavy atom. The minimum atomic E-state index is 0.774. The molecule has 1 aromatic carbocycles. The molecule has 0 fully saturated rings. The molecule has 17 heavy (non-hydrogen) atoms. The maximum absolute atomic E-state index is 5.77. The molecular weight excluding hydrogens is 232 g/mol. The van der Waals surface area contributed by atoms with E-state index >= 15 is 0 Å².